The average molecular weight is 300 g/mol. The van der Waals surface area contributed by atoms with E-state index in [1.165, 1.54) is 0 Å². The summed E-state index contributed by atoms with van der Waals surface area (Å²) in [6, 6.07) is 0. The van der Waals surface area contributed by atoms with Crippen LogP contribution in [0.1, 0.15) is 34.6 Å². The normalized spacial score (nSPS) is 33.2. The SMILES string of the molecule is CC1(C)OO[C@H]2C(CO[Si](C)(C)C(C)(C)C)=C[C@H](O)[C@@H]21. The van der Waals surface area contributed by atoms with Crippen molar-refractivity contribution in [1.82, 2.24) is 0 Å². The Hall–Kier alpha value is -0.203. The minimum absolute atomic E-state index is 0.0412. The van der Waals surface area contributed by atoms with Crippen LogP contribution in [0.2, 0.25) is 18.1 Å². The molecular weight excluding hydrogens is 272 g/mol. The Bertz CT molecular complexity index is 409. The van der Waals surface area contributed by atoms with Gasteiger partial charge in [-0.1, -0.05) is 26.8 Å². The number of aliphatic hydroxyl groups is 1. The zero-order valence-electron chi connectivity index (χ0n) is 13.7. The van der Waals surface area contributed by atoms with Gasteiger partial charge in [0.2, 0.25) is 0 Å². The highest BCUT2D eigenvalue weighted by Gasteiger charge is 2.54. The third-order valence-corrected chi connectivity index (χ3v) is 9.50. The fourth-order valence-electron chi connectivity index (χ4n) is 2.57. The van der Waals surface area contributed by atoms with Crippen molar-refractivity contribution >= 4 is 8.32 Å². The van der Waals surface area contributed by atoms with Crippen LogP contribution >= 0.6 is 0 Å². The Morgan fingerprint density at radius 3 is 2.50 bits per heavy atom. The molecule has 0 amide bonds. The van der Waals surface area contributed by atoms with Gasteiger partial charge in [-0.05, 0) is 37.6 Å². The smallest absolute Gasteiger partial charge is 0.192 e. The van der Waals surface area contributed by atoms with Crippen LogP contribution in [0.25, 0.3) is 0 Å². The van der Waals surface area contributed by atoms with Crippen LogP contribution in [0.5, 0.6) is 0 Å². The Morgan fingerprint density at radius 2 is 1.95 bits per heavy atom. The maximum atomic E-state index is 10.2. The molecule has 0 spiro atoms. The van der Waals surface area contributed by atoms with E-state index in [0.717, 1.165) is 5.57 Å². The van der Waals surface area contributed by atoms with Crippen molar-refractivity contribution in [3.63, 3.8) is 0 Å². The van der Waals surface area contributed by atoms with Gasteiger partial charge in [0.15, 0.2) is 8.32 Å². The van der Waals surface area contributed by atoms with Crippen molar-refractivity contribution < 1.29 is 19.3 Å². The highest BCUT2D eigenvalue weighted by molar-refractivity contribution is 6.74. The van der Waals surface area contributed by atoms with Crippen LogP contribution in [0, 0.1) is 5.92 Å². The molecule has 3 atom stereocenters. The van der Waals surface area contributed by atoms with Crippen molar-refractivity contribution in [2.45, 2.75) is 70.6 Å². The summed E-state index contributed by atoms with van der Waals surface area (Å²) >= 11 is 0. The van der Waals surface area contributed by atoms with E-state index in [4.69, 9.17) is 14.2 Å². The lowest BCUT2D eigenvalue weighted by Crippen LogP contribution is -2.42. The minimum atomic E-state index is -1.79. The van der Waals surface area contributed by atoms with Crippen LogP contribution in [-0.4, -0.2) is 37.8 Å². The third-order valence-electron chi connectivity index (χ3n) is 5.02. The first kappa shape index (κ1) is 16.2. The molecule has 1 heterocycles. The molecule has 1 fully saturated rings. The Kier molecular flexibility index (Phi) is 3.98. The third kappa shape index (κ3) is 2.74. The Morgan fingerprint density at radius 1 is 1.35 bits per heavy atom. The lowest BCUT2D eigenvalue weighted by Gasteiger charge is -2.36. The fraction of sp³-hybridized carbons (Fsp3) is 0.867. The molecule has 20 heavy (non-hydrogen) atoms. The molecule has 0 radical (unpaired) electrons. The van der Waals surface area contributed by atoms with Gasteiger partial charge in [0, 0.05) is 0 Å². The standard InChI is InChI=1S/C15H28O4Si/c1-14(2,3)20(6,7)17-9-10-8-11(16)12-13(10)18-19-15(12,4)5/h8,11-13,16H,9H2,1-7H3/t11-,12-,13-/m0/s1. The molecule has 1 aliphatic carbocycles. The minimum Gasteiger partial charge on any atom is -0.413 e. The van der Waals surface area contributed by atoms with Gasteiger partial charge in [0.25, 0.3) is 0 Å². The Labute approximate surface area is 123 Å². The van der Waals surface area contributed by atoms with Gasteiger partial charge in [-0.15, -0.1) is 0 Å². The topological polar surface area (TPSA) is 47.9 Å². The van der Waals surface area contributed by atoms with E-state index in [9.17, 15) is 5.11 Å². The molecule has 0 bridgehead atoms. The zero-order chi connectivity index (χ0) is 15.3. The molecule has 1 N–H and O–H groups in total. The second-order valence-electron chi connectivity index (χ2n) is 8.01. The number of fused-ring (bicyclic) bond motifs is 1. The van der Waals surface area contributed by atoms with E-state index in [1.54, 1.807) is 0 Å². The first-order valence-electron chi connectivity index (χ1n) is 7.33. The molecule has 116 valence electrons. The molecule has 0 aromatic carbocycles. The van der Waals surface area contributed by atoms with Crippen LogP contribution in [0.3, 0.4) is 0 Å². The van der Waals surface area contributed by atoms with E-state index in [0.29, 0.717) is 6.61 Å². The highest BCUT2D eigenvalue weighted by Crippen LogP contribution is 2.45. The number of hydrogen-bond donors (Lipinski definition) is 1. The van der Waals surface area contributed by atoms with Gasteiger partial charge in [-0.25, -0.2) is 9.78 Å². The summed E-state index contributed by atoms with van der Waals surface area (Å²) in [6.45, 7) is 15.5. The zero-order valence-corrected chi connectivity index (χ0v) is 14.7. The van der Waals surface area contributed by atoms with E-state index in [1.807, 2.05) is 19.9 Å². The van der Waals surface area contributed by atoms with Crippen molar-refractivity contribution in [1.29, 1.82) is 0 Å². The van der Waals surface area contributed by atoms with E-state index >= 15 is 0 Å². The molecule has 0 aromatic heterocycles. The molecule has 2 rings (SSSR count). The van der Waals surface area contributed by atoms with Crippen molar-refractivity contribution in [3.05, 3.63) is 11.6 Å². The Balaban J connectivity index is 2.04. The quantitative estimate of drug-likeness (QED) is 0.494. The van der Waals surface area contributed by atoms with E-state index in [2.05, 4.69) is 33.9 Å². The monoisotopic (exact) mass is 300 g/mol. The summed E-state index contributed by atoms with van der Waals surface area (Å²) < 4.78 is 6.23. The molecule has 0 unspecified atom stereocenters. The van der Waals surface area contributed by atoms with Gasteiger partial charge in [0.1, 0.15) is 11.7 Å². The van der Waals surface area contributed by atoms with Crippen LogP contribution in [-0.2, 0) is 14.2 Å². The van der Waals surface area contributed by atoms with Gasteiger partial charge >= 0.3 is 0 Å². The molecule has 0 aromatic rings. The van der Waals surface area contributed by atoms with Crippen LogP contribution in [0.15, 0.2) is 11.6 Å². The molecule has 0 saturated carbocycles. The molecule has 1 saturated heterocycles. The lowest BCUT2D eigenvalue weighted by atomic mass is 9.85. The second-order valence-corrected chi connectivity index (χ2v) is 12.8. The van der Waals surface area contributed by atoms with Gasteiger partial charge in [-0.3, -0.25) is 0 Å². The summed E-state index contributed by atoms with van der Waals surface area (Å²) in [5.41, 5.74) is 0.553. The number of rotatable bonds is 3. The lowest BCUT2D eigenvalue weighted by molar-refractivity contribution is -0.314. The number of hydrogen-bond acceptors (Lipinski definition) is 4. The van der Waals surface area contributed by atoms with Gasteiger partial charge in [0.05, 0.1) is 18.6 Å². The molecule has 5 heteroatoms. The van der Waals surface area contributed by atoms with Crippen molar-refractivity contribution in [2.24, 2.45) is 5.92 Å². The van der Waals surface area contributed by atoms with Gasteiger partial charge < -0.3 is 9.53 Å². The summed E-state index contributed by atoms with van der Waals surface area (Å²) in [5, 5.41) is 10.4. The second kappa shape index (κ2) is 4.92. The number of aliphatic hydroxyl groups excluding tert-OH is 1. The van der Waals surface area contributed by atoms with Gasteiger partial charge in [-0.2, -0.15) is 0 Å². The molecule has 1 aliphatic heterocycles. The fourth-order valence-corrected chi connectivity index (χ4v) is 3.53. The summed E-state index contributed by atoms with van der Waals surface area (Å²) in [5.74, 6) is -0.0412. The van der Waals surface area contributed by atoms with Crippen LogP contribution < -0.4 is 0 Å². The molecular formula is C15H28O4Si. The van der Waals surface area contributed by atoms with Crippen LogP contribution in [0.4, 0.5) is 0 Å². The van der Waals surface area contributed by atoms with E-state index < -0.39 is 20.0 Å². The summed E-state index contributed by atoms with van der Waals surface area (Å²) in [7, 11) is -1.79. The maximum absolute atomic E-state index is 10.2. The first-order valence-corrected chi connectivity index (χ1v) is 10.2. The predicted octanol–water partition coefficient (Wildman–Crippen LogP) is 3.03. The highest BCUT2D eigenvalue weighted by atomic mass is 28.4. The summed E-state index contributed by atoms with van der Waals surface area (Å²) in [4.78, 5) is 10.8. The van der Waals surface area contributed by atoms with Crippen molar-refractivity contribution in [2.75, 3.05) is 6.61 Å². The summed E-state index contributed by atoms with van der Waals surface area (Å²) in [6.07, 6.45) is 1.19. The largest absolute Gasteiger partial charge is 0.413 e. The first-order chi connectivity index (χ1) is 8.96. The maximum Gasteiger partial charge on any atom is 0.192 e. The predicted molar refractivity (Wildman–Crippen MR) is 80.8 cm³/mol. The van der Waals surface area contributed by atoms with E-state index in [-0.39, 0.29) is 17.1 Å². The molecule has 4 nitrogen and oxygen atoms in total. The van der Waals surface area contributed by atoms with Crippen molar-refractivity contribution in [3.8, 4) is 0 Å². The molecule has 2 aliphatic rings. The average Bonchev–Trinajstić information content (AvgIpc) is 2.75.